The van der Waals surface area contributed by atoms with Gasteiger partial charge in [-0.25, -0.2) is 9.78 Å². The average molecular weight is 280 g/mol. The van der Waals surface area contributed by atoms with Crippen LogP contribution in [0, 0.1) is 0 Å². The van der Waals surface area contributed by atoms with Crippen LogP contribution in [0.2, 0.25) is 0 Å². The number of nitrogens with zero attached hydrogens (tertiary/aromatic N) is 4. The Morgan fingerprint density at radius 1 is 1.58 bits per heavy atom. The quantitative estimate of drug-likeness (QED) is 0.780. The summed E-state index contributed by atoms with van der Waals surface area (Å²) in [6.45, 7) is 2.83. The lowest BCUT2D eigenvalue weighted by Gasteiger charge is -2.13. The summed E-state index contributed by atoms with van der Waals surface area (Å²) in [6, 6.07) is 0. The van der Waals surface area contributed by atoms with E-state index in [-0.39, 0.29) is 5.97 Å². The van der Waals surface area contributed by atoms with E-state index in [1.165, 1.54) is 11.3 Å². The Labute approximate surface area is 115 Å². The van der Waals surface area contributed by atoms with Crippen LogP contribution in [-0.4, -0.2) is 34.4 Å². The van der Waals surface area contributed by atoms with Gasteiger partial charge < -0.3 is 9.64 Å². The maximum Gasteiger partial charge on any atom is 0.357 e. The molecule has 0 radical (unpaired) electrons. The van der Waals surface area contributed by atoms with E-state index >= 15 is 0 Å². The molecular weight excluding hydrogens is 264 g/mol. The Balaban J connectivity index is 2.03. The van der Waals surface area contributed by atoms with Gasteiger partial charge in [0.25, 0.3) is 0 Å². The van der Waals surface area contributed by atoms with Crippen molar-refractivity contribution in [2.75, 3.05) is 18.6 Å². The van der Waals surface area contributed by atoms with Crippen molar-refractivity contribution < 1.29 is 9.53 Å². The number of aromatic nitrogens is 3. The summed E-state index contributed by atoms with van der Waals surface area (Å²) in [6.07, 6.45) is 3.77. The van der Waals surface area contributed by atoms with E-state index in [1.54, 1.807) is 17.0 Å². The Morgan fingerprint density at radius 2 is 2.37 bits per heavy atom. The molecule has 2 rings (SSSR count). The van der Waals surface area contributed by atoms with Gasteiger partial charge >= 0.3 is 5.97 Å². The largest absolute Gasteiger partial charge is 0.461 e. The van der Waals surface area contributed by atoms with E-state index in [0.29, 0.717) is 18.8 Å². The fourth-order valence-corrected chi connectivity index (χ4v) is 2.39. The van der Waals surface area contributed by atoms with Crippen molar-refractivity contribution in [3.8, 4) is 0 Å². The average Bonchev–Trinajstić information content (AvgIpc) is 2.98. The van der Waals surface area contributed by atoms with Gasteiger partial charge in [-0.2, -0.15) is 5.10 Å². The summed E-state index contributed by atoms with van der Waals surface area (Å²) in [5, 5.41) is 6.62. The second-order valence-corrected chi connectivity index (χ2v) is 4.95. The second-order valence-electron chi connectivity index (χ2n) is 4.11. The van der Waals surface area contributed by atoms with Crippen molar-refractivity contribution in [3.63, 3.8) is 0 Å². The number of thiazole rings is 1. The predicted molar refractivity (Wildman–Crippen MR) is 73.4 cm³/mol. The van der Waals surface area contributed by atoms with Crippen molar-refractivity contribution in [1.82, 2.24) is 14.8 Å². The Morgan fingerprint density at radius 3 is 3.00 bits per heavy atom. The summed E-state index contributed by atoms with van der Waals surface area (Å²) >= 11 is 1.42. The zero-order chi connectivity index (χ0) is 13.8. The summed E-state index contributed by atoms with van der Waals surface area (Å²) in [4.78, 5) is 17.8. The second kappa shape index (κ2) is 5.83. The monoisotopic (exact) mass is 280 g/mol. The molecule has 2 heterocycles. The third kappa shape index (κ3) is 3.31. The predicted octanol–water partition coefficient (Wildman–Crippen LogP) is 1.69. The molecule has 0 atom stereocenters. The standard InChI is InChI=1S/C12H16N4O2S/c1-4-18-11(17)10-8-19-12(14-10)15(2)6-9-5-13-16(3)7-9/h5,7-8H,4,6H2,1-3H3. The van der Waals surface area contributed by atoms with Crippen molar-refractivity contribution >= 4 is 22.4 Å². The number of carbonyl (C=O) groups excluding carboxylic acids is 1. The molecule has 102 valence electrons. The van der Waals surface area contributed by atoms with Crippen LogP contribution in [0.4, 0.5) is 5.13 Å². The number of hydrogen-bond acceptors (Lipinski definition) is 6. The number of ether oxygens (including phenoxy) is 1. The summed E-state index contributed by atoms with van der Waals surface area (Å²) < 4.78 is 6.67. The maximum absolute atomic E-state index is 11.5. The first-order valence-corrected chi connectivity index (χ1v) is 6.79. The van der Waals surface area contributed by atoms with Gasteiger partial charge in [-0.15, -0.1) is 11.3 Å². The van der Waals surface area contributed by atoms with E-state index in [1.807, 2.05) is 31.4 Å². The van der Waals surface area contributed by atoms with E-state index in [9.17, 15) is 4.79 Å². The van der Waals surface area contributed by atoms with Crippen molar-refractivity contribution in [2.45, 2.75) is 13.5 Å². The molecule has 0 unspecified atom stereocenters. The van der Waals surface area contributed by atoms with Gasteiger partial charge in [-0.05, 0) is 6.92 Å². The molecule has 0 saturated carbocycles. The lowest BCUT2D eigenvalue weighted by Crippen LogP contribution is -2.16. The number of rotatable bonds is 5. The summed E-state index contributed by atoms with van der Waals surface area (Å²) in [5.41, 5.74) is 1.46. The molecule has 0 fully saturated rings. The van der Waals surface area contributed by atoms with Gasteiger partial charge in [0.15, 0.2) is 10.8 Å². The van der Waals surface area contributed by atoms with Crippen LogP contribution in [-0.2, 0) is 18.3 Å². The Kier molecular flexibility index (Phi) is 4.16. The van der Waals surface area contributed by atoms with Crippen molar-refractivity contribution in [3.05, 3.63) is 29.0 Å². The highest BCUT2D eigenvalue weighted by atomic mass is 32.1. The van der Waals surface area contributed by atoms with Crippen LogP contribution in [0.5, 0.6) is 0 Å². The van der Waals surface area contributed by atoms with Crippen LogP contribution in [0.3, 0.4) is 0 Å². The van der Waals surface area contributed by atoms with Gasteiger partial charge in [-0.1, -0.05) is 0 Å². The van der Waals surface area contributed by atoms with E-state index < -0.39 is 0 Å². The van der Waals surface area contributed by atoms with Crippen LogP contribution >= 0.6 is 11.3 Å². The zero-order valence-electron chi connectivity index (χ0n) is 11.2. The lowest BCUT2D eigenvalue weighted by atomic mass is 10.3. The van der Waals surface area contributed by atoms with Crippen molar-refractivity contribution in [2.24, 2.45) is 7.05 Å². The highest BCUT2D eigenvalue weighted by molar-refractivity contribution is 7.13. The van der Waals surface area contributed by atoms with Crippen LogP contribution in [0.25, 0.3) is 0 Å². The minimum absolute atomic E-state index is 0.358. The smallest absolute Gasteiger partial charge is 0.357 e. The fourth-order valence-electron chi connectivity index (χ4n) is 1.63. The van der Waals surface area contributed by atoms with Crippen LogP contribution < -0.4 is 4.90 Å². The summed E-state index contributed by atoms with van der Waals surface area (Å²) in [7, 11) is 3.81. The molecule has 0 aromatic carbocycles. The molecular formula is C12H16N4O2S. The van der Waals surface area contributed by atoms with Gasteiger partial charge in [0.1, 0.15) is 0 Å². The topological polar surface area (TPSA) is 60.2 Å². The first-order chi connectivity index (χ1) is 9.10. The van der Waals surface area contributed by atoms with Gasteiger partial charge in [-0.3, -0.25) is 4.68 Å². The normalized spacial score (nSPS) is 10.5. The molecule has 0 aliphatic rings. The first kappa shape index (κ1) is 13.5. The minimum Gasteiger partial charge on any atom is -0.461 e. The molecule has 6 nitrogen and oxygen atoms in total. The minimum atomic E-state index is -0.375. The van der Waals surface area contributed by atoms with E-state index in [4.69, 9.17) is 4.74 Å². The Hall–Kier alpha value is -1.89. The number of anilines is 1. The highest BCUT2D eigenvalue weighted by Gasteiger charge is 2.14. The molecule has 0 amide bonds. The maximum atomic E-state index is 11.5. The highest BCUT2D eigenvalue weighted by Crippen LogP contribution is 2.21. The van der Waals surface area contributed by atoms with Crippen LogP contribution in [0.1, 0.15) is 23.0 Å². The number of carbonyl (C=O) groups is 1. The molecule has 0 spiro atoms. The third-order valence-corrected chi connectivity index (χ3v) is 3.44. The molecule has 0 saturated heterocycles. The Bertz CT molecular complexity index is 564. The lowest BCUT2D eigenvalue weighted by molar-refractivity contribution is 0.0520. The molecule has 0 N–H and O–H groups in total. The number of aryl methyl sites for hydroxylation is 1. The first-order valence-electron chi connectivity index (χ1n) is 5.91. The zero-order valence-corrected chi connectivity index (χ0v) is 12.0. The van der Waals surface area contributed by atoms with E-state index in [2.05, 4.69) is 10.1 Å². The summed E-state index contributed by atoms with van der Waals surface area (Å²) in [5.74, 6) is -0.375. The molecule has 0 aliphatic heterocycles. The van der Waals surface area contributed by atoms with Crippen molar-refractivity contribution in [1.29, 1.82) is 0 Å². The molecule has 0 aliphatic carbocycles. The number of esters is 1. The third-order valence-electron chi connectivity index (χ3n) is 2.48. The molecule has 2 aromatic rings. The molecule has 0 bridgehead atoms. The van der Waals surface area contributed by atoms with Crippen LogP contribution in [0.15, 0.2) is 17.8 Å². The van der Waals surface area contributed by atoms with E-state index in [0.717, 1.165) is 10.7 Å². The van der Waals surface area contributed by atoms with Gasteiger partial charge in [0.05, 0.1) is 12.8 Å². The van der Waals surface area contributed by atoms with Gasteiger partial charge in [0, 0.05) is 37.8 Å². The molecule has 2 aromatic heterocycles. The fraction of sp³-hybridized carbons (Fsp3) is 0.417. The SMILES string of the molecule is CCOC(=O)c1csc(N(C)Cc2cnn(C)c2)n1. The molecule has 19 heavy (non-hydrogen) atoms. The van der Waals surface area contributed by atoms with Gasteiger partial charge in [0.2, 0.25) is 0 Å². The molecule has 7 heteroatoms. The number of hydrogen-bond donors (Lipinski definition) is 0.